The molecule has 0 N–H and O–H groups in total. The Balaban J connectivity index is 1.66. The van der Waals surface area contributed by atoms with E-state index in [2.05, 4.69) is 4.85 Å². The van der Waals surface area contributed by atoms with Crippen molar-refractivity contribution in [3.63, 3.8) is 0 Å². The third-order valence-corrected chi connectivity index (χ3v) is 4.60. The fourth-order valence-corrected chi connectivity index (χ4v) is 2.96. The smallest absolute Gasteiger partial charge is 0.407 e. The van der Waals surface area contributed by atoms with Gasteiger partial charge in [0.25, 0.3) is 0 Å². The van der Waals surface area contributed by atoms with Crippen LogP contribution in [0, 0.1) is 18.3 Å². The highest BCUT2D eigenvalue weighted by atomic mass is 19.4. The van der Waals surface area contributed by atoms with Crippen LogP contribution in [0.1, 0.15) is 24.8 Å². The van der Waals surface area contributed by atoms with Crippen molar-refractivity contribution in [1.82, 2.24) is 0 Å². The molecule has 3 rings (SSSR count). The largest absolute Gasteiger partial charge is 0.494 e. The summed E-state index contributed by atoms with van der Waals surface area (Å²) in [7, 11) is 0. The minimum Gasteiger partial charge on any atom is -0.494 e. The van der Waals surface area contributed by atoms with Crippen molar-refractivity contribution in [3.8, 4) is 5.75 Å². The van der Waals surface area contributed by atoms with Crippen molar-refractivity contribution < 1.29 is 22.3 Å². The second-order valence-electron chi connectivity index (χ2n) is 6.86. The molecule has 1 aliphatic rings. The van der Waals surface area contributed by atoms with E-state index in [0.717, 1.165) is 18.9 Å². The molecular formula is C21H20F4N2O. The normalized spacial score (nSPS) is 13.8. The Kier molecular flexibility index (Phi) is 6.08. The van der Waals surface area contributed by atoms with Gasteiger partial charge in [-0.3, -0.25) is 0 Å². The van der Waals surface area contributed by atoms with E-state index in [4.69, 9.17) is 11.3 Å². The van der Waals surface area contributed by atoms with E-state index in [1.807, 2.05) is 4.90 Å². The summed E-state index contributed by atoms with van der Waals surface area (Å²) in [6.45, 7) is 8.56. The summed E-state index contributed by atoms with van der Waals surface area (Å²) in [5.74, 6) is 0.704. The number of alkyl halides is 3. The summed E-state index contributed by atoms with van der Waals surface area (Å²) in [5, 5.41) is 0. The number of ether oxygens (including phenoxy) is 1. The van der Waals surface area contributed by atoms with Gasteiger partial charge in [0.2, 0.25) is 0 Å². The minimum atomic E-state index is -4.56. The van der Waals surface area contributed by atoms with E-state index in [-0.39, 0.29) is 11.5 Å². The highest BCUT2D eigenvalue weighted by Gasteiger charge is 2.34. The van der Waals surface area contributed by atoms with Crippen LogP contribution in [0.25, 0.3) is 4.85 Å². The van der Waals surface area contributed by atoms with E-state index < -0.39 is 11.7 Å². The van der Waals surface area contributed by atoms with Gasteiger partial charge in [0.1, 0.15) is 11.6 Å². The molecule has 7 heteroatoms. The number of rotatable bonds is 8. The molecule has 0 aliphatic heterocycles. The van der Waals surface area contributed by atoms with Gasteiger partial charge in [0.15, 0.2) is 5.69 Å². The third kappa shape index (κ3) is 5.38. The second-order valence-corrected chi connectivity index (χ2v) is 6.86. The maximum Gasteiger partial charge on any atom is 0.407 e. The average molecular weight is 392 g/mol. The van der Waals surface area contributed by atoms with E-state index in [1.165, 1.54) is 30.3 Å². The van der Waals surface area contributed by atoms with Crippen LogP contribution in [0.3, 0.4) is 0 Å². The summed E-state index contributed by atoms with van der Waals surface area (Å²) < 4.78 is 58.3. The Bertz CT molecular complexity index is 839. The zero-order valence-corrected chi connectivity index (χ0v) is 15.2. The van der Waals surface area contributed by atoms with E-state index in [0.29, 0.717) is 43.5 Å². The molecule has 0 atom stereocenters. The average Bonchev–Trinajstić information content (AvgIpc) is 3.48. The van der Waals surface area contributed by atoms with E-state index in [9.17, 15) is 17.6 Å². The van der Waals surface area contributed by atoms with Crippen LogP contribution in [0.2, 0.25) is 0 Å². The molecule has 0 unspecified atom stereocenters. The van der Waals surface area contributed by atoms with Gasteiger partial charge in [-0.1, -0.05) is 6.07 Å². The lowest BCUT2D eigenvalue weighted by atomic mass is 10.1. The first-order valence-corrected chi connectivity index (χ1v) is 9.09. The Labute approximate surface area is 161 Å². The number of hydrogen-bond acceptors (Lipinski definition) is 2. The van der Waals surface area contributed by atoms with Crippen molar-refractivity contribution in [1.29, 1.82) is 0 Å². The molecule has 0 amide bonds. The number of nitrogens with zero attached hydrogens (tertiary/aromatic N) is 2. The summed E-state index contributed by atoms with van der Waals surface area (Å²) >= 11 is 0. The first-order chi connectivity index (χ1) is 13.4. The van der Waals surface area contributed by atoms with Crippen LogP contribution in [0.5, 0.6) is 5.75 Å². The van der Waals surface area contributed by atoms with Crippen molar-refractivity contribution in [2.75, 3.05) is 24.6 Å². The van der Waals surface area contributed by atoms with Gasteiger partial charge < -0.3 is 9.64 Å². The zero-order chi connectivity index (χ0) is 20.1. The van der Waals surface area contributed by atoms with Crippen LogP contribution in [-0.4, -0.2) is 19.7 Å². The SMILES string of the molecule is [C-]#[N+]c1ccc(N(CCCOc2ccc(F)cc2)CC2CC2)cc1C(F)(F)F. The fourth-order valence-electron chi connectivity index (χ4n) is 2.96. The lowest BCUT2D eigenvalue weighted by Gasteiger charge is -2.26. The first-order valence-electron chi connectivity index (χ1n) is 9.09. The lowest BCUT2D eigenvalue weighted by molar-refractivity contribution is -0.136. The molecule has 148 valence electrons. The van der Waals surface area contributed by atoms with Gasteiger partial charge in [-0.15, -0.1) is 0 Å². The molecule has 2 aromatic carbocycles. The molecule has 2 aromatic rings. The standard InChI is InChI=1S/C21H20F4N2O/c1-26-20-10-7-17(13-19(20)21(23,24)25)27(14-15-3-4-15)11-2-12-28-18-8-5-16(22)6-9-18/h5-10,13,15H,2-4,11-12,14H2. The topological polar surface area (TPSA) is 16.8 Å². The predicted octanol–water partition coefficient (Wildman–Crippen LogP) is 6.08. The van der Waals surface area contributed by atoms with Crippen molar-refractivity contribution in [2.45, 2.75) is 25.4 Å². The zero-order valence-electron chi connectivity index (χ0n) is 15.2. The van der Waals surface area contributed by atoms with E-state index in [1.54, 1.807) is 6.07 Å². The van der Waals surface area contributed by atoms with Crippen molar-refractivity contribution in [2.24, 2.45) is 5.92 Å². The lowest BCUT2D eigenvalue weighted by Crippen LogP contribution is -2.28. The van der Waals surface area contributed by atoms with Gasteiger partial charge in [-0.2, -0.15) is 13.2 Å². The molecule has 0 radical (unpaired) electrons. The van der Waals surface area contributed by atoms with Crippen LogP contribution < -0.4 is 9.64 Å². The van der Waals surface area contributed by atoms with Gasteiger partial charge in [-0.05, 0) is 61.6 Å². The molecule has 0 spiro atoms. The van der Waals surface area contributed by atoms with E-state index >= 15 is 0 Å². The van der Waals surface area contributed by atoms with Crippen LogP contribution in [0.15, 0.2) is 42.5 Å². The summed E-state index contributed by atoms with van der Waals surface area (Å²) in [6.07, 6.45) is -1.80. The minimum absolute atomic E-state index is 0.341. The van der Waals surface area contributed by atoms with Gasteiger partial charge in [0.05, 0.1) is 18.7 Å². The number of benzene rings is 2. The van der Waals surface area contributed by atoms with Crippen molar-refractivity contribution in [3.05, 3.63) is 65.3 Å². The predicted molar refractivity (Wildman–Crippen MR) is 99.2 cm³/mol. The molecule has 0 aromatic heterocycles. The summed E-state index contributed by atoms with van der Waals surface area (Å²) in [5.41, 5.74) is -0.820. The molecule has 1 saturated carbocycles. The summed E-state index contributed by atoms with van der Waals surface area (Å²) in [6, 6.07) is 9.58. The molecular weight excluding hydrogens is 372 g/mol. The van der Waals surface area contributed by atoms with Gasteiger partial charge in [0, 0.05) is 18.8 Å². The second kappa shape index (κ2) is 8.51. The molecule has 28 heavy (non-hydrogen) atoms. The van der Waals surface area contributed by atoms with Crippen LogP contribution >= 0.6 is 0 Å². The molecule has 3 nitrogen and oxygen atoms in total. The van der Waals surface area contributed by atoms with Crippen molar-refractivity contribution >= 4 is 11.4 Å². The molecule has 0 saturated heterocycles. The molecule has 1 fully saturated rings. The molecule has 0 bridgehead atoms. The quantitative estimate of drug-likeness (QED) is 0.308. The Morgan fingerprint density at radius 2 is 1.82 bits per heavy atom. The highest BCUT2D eigenvalue weighted by Crippen LogP contribution is 2.39. The highest BCUT2D eigenvalue weighted by molar-refractivity contribution is 5.62. The first kappa shape index (κ1) is 20.0. The number of hydrogen-bond donors (Lipinski definition) is 0. The fraction of sp³-hybridized carbons (Fsp3) is 0.381. The Hall–Kier alpha value is -2.75. The van der Waals surface area contributed by atoms with Gasteiger partial charge in [-0.25, -0.2) is 9.24 Å². The summed E-state index contributed by atoms with van der Waals surface area (Å²) in [4.78, 5) is 4.92. The van der Waals surface area contributed by atoms with Gasteiger partial charge >= 0.3 is 6.18 Å². The maximum absolute atomic E-state index is 13.3. The Morgan fingerprint density at radius 1 is 1.11 bits per heavy atom. The monoisotopic (exact) mass is 392 g/mol. The Morgan fingerprint density at radius 3 is 2.43 bits per heavy atom. The number of anilines is 1. The third-order valence-electron chi connectivity index (χ3n) is 4.60. The van der Waals surface area contributed by atoms with Crippen LogP contribution in [-0.2, 0) is 6.18 Å². The molecule has 0 heterocycles. The molecule has 1 aliphatic carbocycles. The van der Waals surface area contributed by atoms with Crippen LogP contribution in [0.4, 0.5) is 28.9 Å². The maximum atomic E-state index is 13.3. The number of halogens is 4.